The molecule has 0 radical (unpaired) electrons. The molecule has 0 bridgehead atoms. The topological polar surface area (TPSA) is 58.4 Å². The van der Waals surface area contributed by atoms with Crippen molar-refractivity contribution >= 4 is 5.91 Å². The number of carbonyl (C=O) groups is 1. The monoisotopic (exact) mass is 287 g/mol. The summed E-state index contributed by atoms with van der Waals surface area (Å²) in [5.74, 6) is 5.73. The first kappa shape index (κ1) is 17.2. The first-order chi connectivity index (χ1) is 9.92. The van der Waals surface area contributed by atoms with Gasteiger partial charge in [0.05, 0.1) is 6.54 Å². The SMILES string of the molecule is Cc1cc(C#CCN)cc(C(=O)NC(C)CCN(C)C)c1. The van der Waals surface area contributed by atoms with E-state index in [1.165, 1.54) is 0 Å². The number of hydrogen-bond donors (Lipinski definition) is 2. The summed E-state index contributed by atoms with van der Waals surface area (Å²) >= 11 is 0. The van der Waals surface area contributed by atoms with Gasteiger partial charge in [0.1, 0.15) is 0 Å². The molecule has 0 aliphatic rings. The minimum atomic E-state index is -0.0549. The Morgan fingerprint density at radius 1 is 1.38 bits per heavy atom. The van der Waals surface area contributed by atoms with E-state index >= 15 is 0 Å². The summed E-state index contributed by atoms with van der Waals surface area (Å²) in [6.07, 6.45) is 0.921. The molecule has 0 aromatic heterocycles. The van der Waals surface area contributed by atoms with Crippen LogP contribution in [0.2, 0.25) is 0 Å². The van der Waals surface area contributed by atoms with Gasteiger partial charge in [-0.3, -0.25) is 4.79 Å². The van der Waals surface area contributed by atoms with Gasteiger partial charge in [0, 0.05) is 17.2 Å². The van der Waals surface area contributed by atoms with Crippen LogP contribution < -0.4 is 11.1 Å². The number of hydrogen-bond acceptors (Lipinski definition) is 3. The van der Waals surface area contributed by atoms with Crippen molar-refractivity contribution in [1.82, 2.24) is 10.2 Å². The van der Waals surface area contributed by atoms with Crippen molar-refractivity contribution in [3.05, 3.63) is 34.9 Å². The lowest BCUT2D eigenvalue weighted by Crippen LogP contribution is -2.34. The third-order valence-electron chi connectivity index (χ3n) is 3.06. The first-order valence-electron chi connectivity index (χ1n) is 7.18. The highest BCUT2D eigenvalue weighted by Gasteiger charge is 2.11. The minimum Gasteiger partial charge on any atom is -0.350 e. The van der Waals surface area contributed by atoms with Crippen LogP contribution in [0.4, 0.5) is 0 Å². The fourth-order valence-corrected chi connectivity index (χ4v) is 1.97. The molecular formula is C17H25N3O. The molecule has 1 unspecified atom stereocenters. The molecule has 0 saturated heterocycles. The Kier molecular flexibility index (Phi) is 6.93. The van der Waals surface area contributed by atoms with E-state index in [2.05, 4.69) is 22.1 Å². The van der Waals surface area contributed by atoms with Crippen molar-refractivity contribution in [3.63, 3.8) is 0 Å². The summed E-state index contributed by atoms with van der Waals surface area (Å²) in [5.41, 5.74) is 7.87. The van der Waals surface area contributed by atoms with Crippen LogP contribution in [-0.2, 0) is 0 Å². The maximum absolute atomic E-state index is 12.3. The lowest BCUT2D eigenvalue weighted by atomic mass is 10.1. The summed E-state index contributed by atoms with van der Waals surface area (Å²) in [6, 6.07) is 5.78. The Morgan fingerprint density at radius 2 is 2.10 bits per heavy atom. The van der Waals surface area contributed by atoms with Crippen molar-refractivity contribution in [3.8, 4) is 11.8 Å². The smallest absolute Gasteiger partial charge is 0.251 e. The fourth-order valence-electron chi connectivity index (χ4n) is 1.97. The van der Waals surface area contributed by atoms with Gasteiger partial charge in [0.15, 0.2) is 0 Å². The summed E-state index contributed by atoms with van der Waals surface area (Å²) < 4.78 is 0. The zero-order valence-corrected chi connectivity index (χ0v) is 13.4. The fraction of sp³-hybridized carbons (Fsp3) is 0.471. The van der Waals surface area contributed by atoms with E-state index in [-0.39, 0.29) is 11.9 Å². The van der Waals surface area contributed by atoms with E-state index in [0.29, 0.717) is 12.1 Å². The molecule has 0 spiro atoms. The number of rotatable bonds is 5. The molecule has 0 saturated carbocycles. The Labute approximate surface area is 127 Å². The molecule has 0 heterocycles. The number of nitrogens with two attached hydrogens (primary N) is 1. The highest BCUT2D eigenvalue weighted by molar-refractivity contribution is 5.95. The van der Waals surface area contributed by atoms with E-state index in [1.807, 2.05) is 46.1 Å². The Balaban J connectivity index is 2.75. The highest BCUT2D eigenvalue weighted by atomic mass is 16.1. The molecule has 4 heteroatoms. The zero-order valence-electron chi connectivity index (χ0n) is 13.4. The van der Waals surface area contributed by atoms with Crippen LogP contribution in [0.25, 0.3) is 0 Å². The zero-order chi connectivity index (χ0) is 15.8. The van der Waals surface area contributed by atoms with Gasteiger partial charge in [-0.1, -0.05) is 11.8 Å². The molecule has 4 nitrogen and oxygen atoms in total. The van der Waals surface area contributed by atoms with E-state index in [4.69, 9.17) is 5.73 Å². The summed E-state index contributed by atoms with van der Waals surface area (Å²) in [4.78, 5) is 14.4. The molecule has 1 rings (SSSR count). The normalized spacial score (nSPS) is 11.7. The Bertz CT molecular complexity index is 541. The first-order valence-corrected chi connectivity index (χ1v) is 7.18. The van der Waals surface area contributed by atoms with Crippen molar-refractivity contribution in [2.45, 2.75) is 26.3 Å². The number of carbonyl (C=O) groups excluding carboxylic acids is 1. The van der Waals surface area contributed by atoms with Crippen LogP contribution in [0.1, 0.15) is 34.8 Å². The van der Waals surface area contributed by atoms with Crippen LogP contribution in [0.3, 0.4) is 0 Å². The lowest BCUT2D eigenvalue weighted by molar-refractivity contribution is 0.0936. The van der Waals surface area contributed by atoms with Gasteiger partial charge in [-0.25, -0.2) is 0 Å². The van der Waals surface area contributed by atoms with Crippen molar-refractivity contribution in [1.29, 1.82) is 0 Å². The third-order valence-corrected chi connectivity index (χ3v) is 3.06. The third kappa shape index (κ3) is 6.44. The predicted molar refractivity (Wildman–Crippen MR) is 87.2 cm³/mol. The minimum absolute atomic E-state index is 0.0549. The van der Waals surface area contributed by atoms with E-state index < -0.39 is 0 Å². The molecule has 114 valence electrons. The van der Waals surface area contributed by atoms with Crippen LogP contribution in [-0.4, -0.2) is 44.0 Å². The molecule has 0 aliphatic carbocycles. The van der Waals surface area contributed by atoms with Crippen LogP contribution in [0, 0.1) is 18.8 Å². The number of nitrogens with zero attached hydrogens (tertiary/aromatic N) is 1. The van der Waals surface area contributed by atoms with Crippen molar-refractivity contribution < 1.29 is 4.79 Å². The van der Waals surface area contributed by atoms with Gasteiger partial charge < -0.3 is 16.0 Å². The largest absolute Gasteiger partial charge is 0.350 e. The molecule has 0 aliphatic heterocycles. The molecule has 21 heavy (non-hydrogen) atoms. The highest BCUT2D eigenvalue weighted by Crippen LogP contribution is 2.09. The molecule has 3 N–H and O–H groups in total. The average molecular weight is 287 g/mol. The number of nitrogens with one attached hydrogen (secondary N) is 1. The molecular weight excluding hydrogens is 262 g/mol. The second-order valence-corrected chi connectivity index (χ2v) is 5.56. The molecule has 1 atom stereocenters. The second-order valence-electron chi connectivity index (χ2n) is 5.56. The van der Waals surface area contributed by atoms with Gasteiger partial charge in [0.25, 0.3) is 5.91 Å². The molecule has 0 fully saturated rings. The predicted octanol–water partition coefficient (Wildman–Crippen LogP) is 1.38. The molecule has 1 amide bonds. The number of aryl methyl sites for hydroxylation is 1. The van der Waals surface area contributed by atoms with Crippen molar-refractivity contribution in [2.24, 2.45) is 5.73 Å². The second kappa shape index (κ2) is 8.46. The molecule has 1 aromatic rings. The maximum atomic E-state index is 12.3. The lowest BCUT2D eigenvalue weighted by Gasteiger charge is -2.17. The summed E-state index contributed by atoms with van der Waals surface area (Å²) in [5, 5.41) is 3.02. The van der Waals surface area contributed by atoms with E-state index in [9.17, 15) is 4.79 Å². The number of amides is 1. The Morgan fingerprint density at radius 3 is 2.71 bits per heavy atom. The van der Waals surface area contributed by atoms with Gasteiger partial charge in [-0.15, -0.1) is 0 Å². The van der Waals surface area contributed by atoms with Crippen LogP contribution in [0.15, 0.2) is 18.2 Å². The van der Waals surface area contributed by atoms with Gasteiger partial charge in [-0.05, 0) is 64.7 Å². The van der Waals surface area contributed by atoms with Crippen LogP contribution in [0.5, 0.6) is 0 Å². The van der Waals surface area contributed by atoms with Gasteiger partial charge >= 0.3 is 0 Å². The van der Waals surface area contributed by atoms with Gasteiger partial charge in [0.2, 0.25) is 0 Å². The Hall–Kier alpha value is -1.83. The van der Waals surface area contributed by atoms with Gasteiger partial charge in [-0.2, -0.15) is 0 Å². The average Bonchev–Trinajstić information content (AvgIpc) is 2.42. The maximum Gasteiger partial charge on any atom is 0.251 e. The van der Waals surface area contributed by atoms with Crippen molar-refractivity contribution in [2.75, 3.05) is 27.2 Å². The molecule has 1 aromatic carbocycles. The summed E-state index contributed by atoms with van der Waals surface area (Å²) in [7, 11) is 4.05. The van der Waals surface area contributed by atoms with Crippen LogP contribution >= 0.6 is 0 Å². The standard InChI is InChI=1S/C17H25N3O/c1-13-10-15(6-5-8-18)12-16(11-13)17(21)19-14(2)7-9-20(3)4/h10-12,14H,7-9,18H2,1-4H3,(H,19,21). The van der Waals surface area contributed by atoms with E-state index in [1.54, 1.807) is 0 Å². The van der Waals surface area contributed by atoms with E-state index in [0.717, 1.165) is 24.1 Å². The number of benzene rings is 1. The quantitative estimate of drug-likeness (QED) is 0.804. The summed E-state index contributed by atoms with van der Waals surface area (Å²) in [6.45, 7) is 5.24.